The molecular weight excluding hydrogens is 356 g/mol. The molecule has 1 aliphatic rings. The number of carbonyl (C=O) groups is 1. The number of aryl methyl sites for hydroxylation is 1. The Morgan fingerprint density at radius 1 is 1.07 bits per heavy atom. The predicted molar refractivity (Wildman–Crippen MR) is 121 cm³/mol. The van der Waals surface area contributed by atoms with Gasteiger partial charge in [0, 0.05) is 30.9 Å². The summed E-state index contributed by atoms with van der Waals surface area (Å²) in [7, 11) is 0. The number of hydrogen-bond acceptors (Lipinski definition) is 1. The van der Waals surface area contributed by atoms with Gasteiger partial charge in [0.1, 0.15) is 0 Å². The molecule has 2 aromatic rings. The van der Waals surface area contributed by atoms with E-state index in [1.165, 1.54) is 68.2 Å². The molecule has 1 amide bonds. The highest BCUT2D eigenvalue weighted by Crippen LogP contribution is 2.25. The number of rotatable bonds is 10. The van der Waals surface area contributed by atoms with E-state index in [1.54, 1.807) is 0 Å². The first kappa shape index (κ1) is 21.7. The maximum absolute atomic E-state index is 13.2. The summed E-state index contributed by atoms with van der Waals surface area (Å²) in [5, 5.41) is 0. The molecule has 1 fully saturated rings. The average Bonchev–Trinajstić information content (AvgIpc) is 3.16. The van der Waals surface area contributed by atoms with Gasteiger partial charge in [0.05, 0.1) is 6.54 Å². The quantitative estimate of drug-likeness (QED) is 0.424. The van der Waals surface area contributed by atoms with Crippen LogP contribution >= 0.6 is 0 Å². The highest BCUT2D eigenvalue weighted by Gasteiger charge is 2.26. The van der Waals surface area contributed by atoms with E-state index in [9.17, 15) is 4.79 Å². The number of hydrogen-bond donors (Lipinski definition) is 0. The zero-order chi connectivity index (χ0) is 20.5. The second-order valence-corrected chi connectivity index (χ2v) is 8.74. The Kier molecular flexibility index (Phi) is 8.39. The standard InChI is InChI=1S/C26H38N2O/c1-3-4-5-9-17-26(29)28(24-14-7-6-8-15-24)21-25-16-11-18-27(25)20-23-13-10-12-22(2)19-23/h10-13,16,18-19,24H,3-9,14-15,17,20-21H2,1-2H3. The summed E-state index contributed by atoms with van der Waals surface area (Å²) >= 11 is 0. The van der Waals surface area contributed by atoms with Crippen LogP contribution in [0.3, 0.4) is 0 Å². The maximum atomic E-state index is 13.2. The van der Waals surface area contributed by atoms with E-state index in [2.05, 4.69) is 65.9 Å². The minimum Gasteiger partial charge on any atom is -0.345 e. The molecule has 0 N–H and O–H groups in total. The lowest BCUT2D eigenvalue weighted by Crippen LogP contribution is -2.41. The topological polar surface area (TPSA) is 25.2 Å². The molecule has 3 nitrogen and oxygen atoms in total. The summed E-state index contributed by atoms with van der Waals surface area (Å²) in [5.41, 5.74) is 3.86. The number of unbranched alkanes of at least 4 members (excludes halogenated alkanes) is 3. The molecule has 0 radical (unpaired) electrons. The summed E-state index contributed by atoms with van der Waals surface area (Å²) in [6.07, 6.45) is 13.7. The Morgan fingerprint density at radius 2 is 1.90 bits per heavy atom. The smallest absolute Gasteiger partial charge is 0.223 e. The Labute approximate surface area is 177 Å². The van der Waals surface area contributed by atoms with Crippen molar-refractivity contribution in [1.29, 1.82) is 0 Å². The average molecular weight is 395 g/mol. The van der Waals surface area contributed by atoms with Gasteiger partial charge >= 0.3 is 0 Å². The summed E-state index contributed by atoms with van der Waals surface area (Å²) in [4.78, 5) is 15.4. The van der Waals surface area contributed by atoms with Crippen LogP contribution in [-0.2, 0) is 17.9 Å². The number of carbonyl (C=O) groups excluding carboxylic acids is 1. The zero-order valence-corrected chi connectivity index (χ0v) is 18.4. The number of amides is 1. The lowest BCUT2D eigenvalue weighted by Gasteiger charge is -2.35. The number of aromatic nitrogens is 1. The van der Waals surface area contributed by atoms with E-state index in [-0.39, 0.29) is 0 Å². The summed E-state index contributed by atoms with van der Waals surface area (Å²) < 4.78 is 2.31. The second kappa shape index (κ2) is 11.2. The summed E-state index contributed by atoms with van der Waals surface area (Å²) in [6, 6.07) is 13.4. The molecule has 3 heteroatoms. The van der Waals surface area contributed by atoms with Crippen molar-refractivity contribution in [2.24, 2.45) is 0 Å². The van der Waals surface area contributed by atoms with E-state index >= 15 is 0 Å². The van der Waals surface area contributed by atoms with Gasteiger partial charge in [0.2, 0.25) is 5.91 Å². The molecule has 0 bridgehead atoms. The molecule has 1 aromatic carbocycles. The summed E-state index contributed by atoms with van der Waals surface area (Å²) in [6.45, 7) is 5.98. The van der Waals surface area contributed by atoms with Crippen LogP contribution in [0.5, 0.6) is 0 Å². The van der Waals surface area contributed by atoms with Crippen molar-refractivity contribution in [2.45, 2.75) is 97.2 Å². The fourth-order valence-electron chi connectivity index (χ4n) is 4.59. The molecule has 0 spiro atoms. The zero-order valence-electron chi connectivity index (χ0n) is 18.4. The van der Waals surface area contributed by atoms with Crippen LogP contribution in [0.25, 0.3) is 0 Å². The maximum Gasteiger partial charge on any atom is 0.223 e. The Bertz CT molecular complexity index is 758. The summed E-state index contributed by atoms with van der Waals surface area (Å²) in [5.74, 6) is 0.358. The molecule has 29 heavy (non-hydrogen) atoms. The Hall–Kier alpha value is -2.03. The van der Waals surface area contributed by atoms with Crippen LogP contribution in [0.1, 0.15) is 88.0 Å². The first-order chi connectivity index (χ1) is 14.2. The van der Waals surface area contributed by atoms with Crippen LogP contribution in [0.4, 0.5) is 0 Å². The van der Waals surface area contributed by atoms with Crippen molar-refractivity contribution in [3.63, 3.8) is 0 Å². The van der Waals surface area contributed by atoms with Gasteiger partial charge in [-0.2, -0.15) is 0 Å². The first-order valence-electron chi connectivity index (χ1n) is 11.7. The third-order valence-electron chi connectivity index (χ3n) is 6.27. The Morgan fingerprint density at radius 3 is 2.66 bits per heavy atom. The largest absolute Gasteiger partial charge is 0.345 e. The molecule has 1 aliphatic carbocycles. The lowest BCUT2D eigenvalue weighted by molar-refractivity contribution is -0.135. The minimum atomic E-state index is 0.358. The van der Waals surface area contributed by atoms with Crippen molar-refractivity contribution >= 4 is 5.91 Å². The van der Waals surface area contributed by atoms with Crippen LogP contribution in [0.15, 0.2) is 42.6 Å². The molecule has 0 unspecified atom stereocenters. The first-order valence-corrected chi connectivity index (χ1v) is 11.7. The Balaban J connectivity index is 1.70. The van der Waals surface area contributed by atoms with Gasteiger partial charge in [-0.25, -0.2) is 0 Å². The van der Waals surface area contributed by atoms with Crippen LogP contribution in [0, 0.1) is 6.92 Å². The van der Waals surface area contributed by atoms with E-state index in [0.717, 1.165) is 19.5 Å². The van der Waals surface area contributed by atoms with E-state index in [1.807, 2.05) is 0 Å². The SMILES string of the molecule is CCCCCCC(=O)N(Cc1cccn1Cc1cccc(C)c1)C1CCCCC1. The third kappa shape index (κ3) is 6.48. The second-order valence-electron chi connectivity index (χ2n) is 8.74. The van der Waals surface area contributed by atoms with E-state index in [0.29, 0.717) is 18.4 Å². The van der Waals surface area contributed by atoms with Crippen molar-refractivity contribution in [1.82, 2.24) is 9.47 Å². The van der Waals surface area contributed by atoms with Crippen molar-refractivity contribution in [3.8, 4) is 0 Å². The fourth-order valence-corrected chi connectivity index (χ4v) is 4.59. The molecule has 0 saturated heterocycles. The van der Waals surface area contributed by atoms with Gasteiger partial charge in [-0.3, -0.25) is 4.79 Å². The van der Waals surface area contributed by atoms with Crippen LogP contribution in [-0.4, -0.2) is 21.4 Å². The minimum absolute atomic E-state index is 0.358. The van der Waals surface area contributed by atoms with Gasteiger partial charge in [-0.1, -0.05) is 75.3 Å². The molecule has 1 aromatic heterocycles. The molecule has 1 saturated carbocycles. The number of benzene rings is 1. The van der Waals surface area contributed by atoms with Crippen LogP contribution in [0.2, 0.25) is 0 Å². The van der Waals surface area contributed by atoms with Gasteiger partial charge in [0.25, 0.3) is 0 Å². The van der Waals surface area contributed by atoms with E-state index in [4.69, 9.17) is 0 Å². The van der Waals surface area contributed by atoms with Gasteiger partial charge in [-0.05, 0) is 43.9 Å². The van der Waals surface area contributed by atoms with Gasteiger partial charge < -0.3 is 9.47 Å². The predicted octanol–water partition coefficient (Wildman–Crippen LogP) is 6.48. The highest BCUT2D eigenvalue weighted by molar-refractivity contribution is 5.76. The number of nitrogens with zero attached hydrogens (tertiary/aromatic N) is 2. The molecule has 0 atom stereocenters. The molecule has 3 rings (SSSR count). The molecule has 0 aliphatic heterocycles. The fraction of sp³-hybridized carbons (Fsp3) is 0.577. The van der Waals surface area contributed by atoms with Crippen molar-refractivity contribution in [2.75, 3.05) is 0 Å². The monoisotopic (exact) mass is 394 g/mol. The molecule has 158 valence electrons. The lowest BCUT2D eigenvalue weighted by atomic mass is 9.93. The van der Waals surface area contributed by atoms with E-state index < -0.39 is 0 Å². The normalized spacial score (nSPS) is 14.8. The molecular formula is C26H38N2O. The van der Waals surface area contributed by atoms with Gasteiger partial charge in [0.15, 0.2) is 0 Å². The van der Waals surface area contributed by atoms with Gasteiger partial charge in [-0.15, -0.1) is 0 Å². The van der Waals surface area contributed by atoms with Crippen LogP contribution < -0.4 is 0 Å². The third-order valence-corrected chi connectivity index (χ3v) is 6.27. The van der Waals surface area contributed by atoms with Crippen molar-refractivity contribution < 1.29 is 4.79 Å². The van der Waals surface area contributed by atoms with Crippen molar-refractivity contribution in [3.05, 3.63) is 59.4 Å². The highest BCUT2D eigenvalue weighted by atomic mass is 16.2. The molecule has 1 heterocycles.